The van der Waals surface area contributed by atoms with Crippen molar-refractivity contribution in [2.24, 2.45) is 0 Å². The molecule has 0 aromatic heterocycles. The van der Waals surface area contributed by atoms with E-state index in [1.807, 2.05) is 48.5 Å². The van der Waals surface area contributed by atoms with Gasteiger partial charge in [-0.05, 0) is 48.6 Å². The van der Waals surface area contributed by atoms with E-state index in [1.54, 1.807) is 7.11 Å². The van der Waals surface area contributed by atoms with Gasteiger partial charge in [-0.15, -0.1) is 0 Å². The van der Waals surface area contributed by atoms with Gasteiger partial charge in [0.15, 0.2) is 5.11 Å². The summed E-state index contributed by atoms with van der Waals surface area (Å²) in [6, 6.07) is 15.3. The van der Waals surface area contributed by atoms with Crippen LogP contribution in [0.2, 0.25) is 5.02 Å². The molecule has 2 N–H and O–H groups in total. The summed E-state index contributed by atoms with van der Waals surface area (Å²) in [5.41, 5.74) is 0.950. The van der Waals surface area contributed by atoms with Crippen LogP contribution in [-0.4, -0.2) is 56.5 Å². The molecular weight excluding hydrogens is 382 g/mol. The number of rotatable bonds is 6. The largest absolute Gasteiger partial charge is 0.497 e. The van der Waals surface area contributed by atoms with Gasteiger partial charge in [-0.3, -0.25) is 0 Å². The Balaban J connectivity index is 1.39. The van der Waals surface area contributed by atoms with Gasteiger partial charge >= 0.3 is 0 Å². The van der Waals surface area contributed by atoms with Crippen LogP contribution >= 0.6 is 23.8 Å². The first-order chi connectivity index (χ1) is 13.1. The number of piperazine rings is 1. The fourth-order valence-electron chi connectivity index (χ4n) is 3.02. The molecule has 0 radical (unpaired) electrons. The van der Waals surface area contributed by atoms with Crippen LogP contribution in [0.25, 0.3) is 0 Å². The van der Waals surface area contributed by atoms with Gasteiger partial charge in [0, 0.05) is 16.8 Å². The summed E-state index contributed by atoms with van der Waals surface area (Å²) in [5, 5.41) is 4.79. The second kappa shape index (κ2) is 9.78. The van der Waals surface area contributed by atoms with Crippen molar-refractivity contribution < 1.29 is 14.4 Å². The van der Waals surface area contributed by atoms with Crippen LogP contribution in [0.15, 0.2) is 48.5 Å². The number of halogens is 1. The second-order valence-electron chi connectivity index (χ2n) is 6.45. The van der Waals surface area contributed by atoms with E-state index in [2.05, 4.69) is 10.2 Å². The number of nitrogens with zero attached hydrogens (tertiary/aromatic N) is 1. The normalized spacial score (nSPS) is 14.7. The summed E-state index contributed by atoms with van der Waals surface area (Å²) in [6.07, 6.45) is 0. The lowest BCUT2D eigenvalue weighted by atomic mass is 10.3. The van der Waals surface area contributed by atoms with Crippen molar-refractivity contribution in [3.8, 4) is 11.5 Å². The Morgan fingerprint density at radius 3 is 2.59 bits per heavy atom. The molecule has 2 aromatic carbocycles. The number of nitrogens with one attached hydrogen (secondary N) is 2. The number of methoxy groups -OCH3 is 1. The molecular formula is C20H25ClN3O2S+. The van der Waals surface area contributed by atoms with Gasteiger partial charge in [0.2, 0.25) is 0 Å². The Kier molecular flexibility index (Phi) is 7.15. The van der Waals surface area contributed by atoms with Gasteiger partial charge in [-0.2, -0.15) is 0 Å². The molecule has 7 heteroatoms. The highest BCUT2D eigenvalue weighted by Crippen LogP contribution is 2.17. The third-order valence-electron chi connectivity index (χ3n) is 4.62. The summed E-state index contributed by atoms with van der Waals surface area (Å²) >= 11 is 11.5. The van der Waals surface area contributed by atoms with E-state index in [4.69, 9.17) is 33.3 Å². The van der Waals surface area contributed by atoms with E-state index >= 15 is 0 Å². The predicted molar refractivity (Wildman–Crippen MR) is 113 cm³/mol. The second-order valence-corrected chi connectivity index (χ2v) is 7.27. The van der Waals surface area contributed by atoms with Crippen molar-refractivity contribution >= 4 is 34.6 Å². The third-order valence-corrected chi connectivity index (χ3v) is 5.23. The van der Waals surface area contributed by atoms with Crippen molar-refractivity contribution in [2.75, 3.05) is 51.8 Å². The molecule has 0 spiro atoms. The minimum absolute atomic E-state index is 0.698. The minimum Gasteiger partial charge on any atom is -0.497 e. The lowest BCUT2D eigenvalue weighted by molar-refractivity contribution is -0.903. The molecule has 2 aromatic rings. The maximum absolute atomic E-state index is 5.89. The van der Waals surface area contributed by atoms with Gasteiger partial charge in [-0.1, -0.05) is 17.7 Å². The molecule has 0 bridgehead atoms. The molecule has 27 heavy (non-hydrogen) atoms. The molecule has 144 valence electrons. The summed E-state index contributed by atoms with van der Waals surface area (Å²) in [6.45, 7) is 5.64. The van der Waals surface area contributed by atoms with E-state index in [0.717, 1.165) is 60.0 Å². The van der Waals surface area contributed by atoms with Gasteiger partial charge in [-0.25, -0.2) is 0 Å². The summed E-state index contributed by atoms with van der Waals surface area (Å²) < 4.78 is 11.0. The molecule has 1 saturated heterocycles. The fourth-order valence-corrected chi connectivity index (χ4v) is 3.45. The monoisotopic (exact) mass is 406 g/mol. The highest BCUT2D eigenvalue weighted by Gasteiger charge is 2.21. The van der Waals surface area contributed by atoms with Gasteiger partial charge in [0.05, 0.1) is 33.3 Å². The van der Waals surface area contributed by atoms with E-state index < -0.39 is 0 Å². The zero-order chi connectivity index (χ0) is 19.1. The maximum atomic E-state index is 5.89. The molecule has 3 rings (SSSR count). The van der Waals surface area contributed by atoms with Crippen molar-refractivity contribution in [3.63, 3.8) is 0 Å². The lowest BCUT2D eigenvalue weighted by Crippen LogP contribution is -3.15. The molecule has 1 aliphatic rings. The zero-order valence-corrected chi connectivity index (χ0v) is 17.0. The number of hydrogen-bond donors (Lipinski definition) is 2. The Morgan fingerprint density at radius 2 is 1.89 bits per heavy atom. The Hall–Kier alpha value is -2.02. The Bertz CT molecular complexity index is 749. The quantitative estimate of drug-likeness (QED) is 0.720. The van der Waals surface area contributed by atoms with Gasteiger partial charge in [0.1, 0.15) is 24.7 Å². The molecule has 5 nitrogen and oxygen atoms in total. The van der Waals surface area contributed by atoms with Crippen molar-refractivity contribution in [1.29, 1.82) is 0 Å². The van der Waals surface area contributed by atoms with E-state index in [0.29, 0.717) is 6.61 Å². The minimum atomic E-state index is 0.698. The molecule has 0 amide bonds. The molecule has 0 aliphatic carbocycles. The molecule has 0 atom stereocenters. The average Bonchev–Trinajstić information content (AvgIpc) is 2.70. The van der Waals surface area contributed by atoms with E-state index in [1.165, 1.54) is 4.90 Å². The van der Waals surface area contributed by atoms with Gasteiger partial charge in [0.25, 0.3) is 0 Å². The maximum Gasteiger partial charge on any atom is 0.173 e. The van der Waals surface area contributed by atoms with E-state index in [-0.39, 0.29) is 0 Å². The molecule has 1 aliphatic heterocycles. The van der Waals surface area contributed by atoms with Crippen LogP contribution in [0, 0.1) is 0 Å². The van der Waals surface area contributed by atoms with Crippen LogP contribution in [0.4, 0.5) is 5.69 Å². The smallest absolute Gasteiger partial charge is 0.173 e. The zero-order valence-electron chi connectivity index (χ0n) is 15.4. The number of thiocarbonyl (C=S) groups is 1. The van der Waals surface area contributed by atoms with Crippen LogP contribution in [0.1, 0.15) is 0 Å². The van der Waals surface area contributed by atoms with Crippen molar-refractivity contribution in [1.82, 2.24) is 4.90 Å². The summed E-state index contributed by atoms with van der Waals surface area (Å²) in [7, 11) is 1.66. The van der Waals surface area contributed by atoms with Crippen LogP contribution in [0.5, 0.6) is 11.5 Å². The van der Waals surface area contributed by atoms with Crippen LogP contribution in [0.3, 0.4) is 0 Å². The Morgan fingerprint density at radius 1 is 1.15 bits per heavy atom. The van der Waals surface area contributed by atoms with E-state index in [9.17, 15) is 0 Å². The molecule has 0 saturated carbocycles. The first-order valence-electron chi connectivity index (χ1n) is 9.06. The SMILES string of the molecule is COc1cccc(NC(=S)N2CC[NH+](CCOc3ccc(Cl)cc3)CC2)c1. The van der Waals surface area contributed by atoms with Crippen LogP contribution in [-0.2, 0) is 0 Å². The van der Waals surface area contributed by atoms with Crippen molar-refractivity contribution in [2.45, 2.75) is 0 Å². The number of hydrogen-bond acceptors (Lipinski definition) is 3. The number of anilines is 1. The third kappa shape index (κ3) is 5.99. The lowest BCUT2D eigenvalue weighted by Gasteiger charge is -2.33. The van der Waals surface area contributed by atoms with Crippen LogP contribution < -0.4 is 19.7 Å². The fraction of sp³-hybridized carbons (Fsp3) is 0.350. The number of ether oxygens (including phenoxy) is 2. The Labute approximate surface area is 170 Å². The number of benzene rings is 2. The topological polar surface area (TPSA) is 38.2 Å². The summed E-state index contributed by atoms with van der Waals surface area (Å²) in [4.78, 5) is 3.75. The first-order valence-corrected chi connectivity index (χ1v) is 9.84. The average molecular weight is 407 g/mol. The van der Waals surface area contributed by atoms with Gasteiger partial charge < -0.3 is 24.6 Å². The molecule has 1 fully saturated rings. The van der Waals surface area contributed by atoms with Crippen molar-refractivity contribution in [3.05, 3.63) is 53.6 Å². The standard InChI is InChI=1S/C20H24ClN3O2S/c1-25-19-4-2-3-17(15-19)22-20(27)24-11-9-23(10-12-24)13-14-26-18-7-5-16(21)6-8-18/h2-8,15H,9-14H2,1H3,(H,22,27)/p+1. The highest BCUT2D eigenvalue weighted by atomic mass is 35.5. The molecule has 1 heterocycles. The molecule has 0 unspecified atom stereocenters. The first kappa shape index (κ1) is 19.7. The summed E-state index contributed by atoms with van der Waals surface area (Å²) in [5.74, 6) is 1.68. The predicted octanol–water partition coefficient (Wildman–Crippen LogP) is 2.32. The number of quaternary nitrogens is 1. The highest BCUT2D eigenvalue weighted by molar-refractivity contribution is 7.80.